The van der Waals surface area contributed by atoms with Crippen molar-refractivity contribution in [3.63, 3.8) is 0 Å². The molecule has 0 unspecified atom stereocenters. The van der Waals surface area contributed by atoms with Gasteiger partial charge >= 0.3 is 0 Å². The number of benzene rings is 2. The van der Waals surface area contributed by atoms with Crippen molar-refractivity contribution in [1.29, 1.82) is 0 Å². The number of carbonyl (C=O) groups excluding carboxylic acids is 3. The third-order valence-electron chi connectivity index (χ3n) is 8.50. The van der Waals surface area contributed by atoms with Gasteiger partial charge in [-0.25, -0.2) is 4.39 Å². The summed E-state index contributed by atoms with van der Waals surface area (Å²) in [6.07, 6.45) is 8.02. The quantitative estimate of drug-likeness (QED) is 0.531. The molecule has 204 valence electrons. The van der Waals surface area contributed by atoms with Gasteiger partial charge in [0, 0.05) is 18.3 Å². The molecule has 6 rings (SSSR count). The zero-order valence-corrected chi connectivity index (χ0v) is 21.8. The van der Waals surface area contributed by atoms with Gasteiger partial charge in [0.05, 0.1) is 25.0 Å². The molecule has 39 heavy (non-hydrogen) atoms. The molecular weight excluding hydrogens is 501 g/mol. The van der Waals surface area contributed by atoms with E-state index in [0.29, 0.717) is 17.0 Å². The molecule has 2 N–H and O–H groups in total. The van der Waals surface area contributed by atoms with E-state index >= 15 is 0 Å². The Bertz CT molecular complexity index is 1290. The van der Waals surface area contributed by atoms with E-state index in [0.717, 1.165) is 32.1 Å². The maximum absolute atomic E-state index is 14.1. The fraction of sp³-hybridized carbons (Fsp3) is 0.433. The van der Waals surface area contributed by atoms with Gasteiger partial charge < -0.3 is 25.0 Å². The van der Waals surface area contributed by atoms with E-state index in [2.05, 4.69) is 10.6 Å². The van der Waals surface area contributed by atoms with Gasteiger partial charge in [-0.3, -0.25) is 14.4 Å². The molecule has 3 fully saturated rings. The fourth-order valence-corrected chi connectivity index (χ4v) is 6.65. The Balaban J connectivity index is 1.30. The third kappa shape index (κ3) is 4.48. The first-order chi connectivity index (χ1) is 18.9. The van der Waals surface area contributed by atoms with E-state index in [1.807, 2.05) is 0 Å². The number of anilines is 1. The zero-order chi connectivity index (χ0) is 27.1. The number of hydrogen-bond acceptors (Lipinski definition) is 5. The summed E-state index contributed by atoms with van der Waals surface area (Å²) in [7, 11) is 1.57. The minimum atomic E-state index is -1.25. The highest BCUT2D eigenvalue weighted by atomic mass is 19.1. The molecule has 3 heterocycles. The van der Waals surface area contributed by atoms with Gasteiger partial charge in [-0.15, -0.1) is 0 Å². The average Bonchev–Trinajstić information content (AvgIpc) is 3.58. The molecule has 9 heteroatoms. The van der Waals surface area contributed by atoms with Crippen LogP contribution in [0.3, 0.4) is 0 Å². The molecule has 0 aromatic heterocycles. The van der Waals surface area contributed by atoms with Gasteiger partial charge in [0.15, 0.2) is 0 Å². The van der Waals surface area contributed by atoms with E-state index in [4.69, 9.17) is 9.47 Å². The highest BCUT2D eigenvalue weighted by molar-refractivity contribution is 6.02. The van der Waals surface area contributed by atoms with Gasteiger partial charge in [-0.05, 0) is 54.8 Å². The summed E-state index contributed by atoms with van der Waals surface area (Å²) in [6, 6.07) is 11.9. The van der Waals surface area contributed by atoms with E-state index < -0.39 is 29.6 Å². The van der Waals surface area contributed by atoms with Crippen molar-refractivity contribution in [1.82, 2.24) is 10.2 Å². The van der Waals surface area contributed by atoms with Crippen LogP contribution < -0.4 is 15.4 Å². The minimum absolute atomic E-state index is 0.0428. The van der Waals surface area contributed by atoms with Gasteiger partial charge in [0.1, 0.15) is 23.2 Å². The lowest BCUT2D eigenvalue weighted by Crippen LogP contribution is -2.56. The zero-order valence-electron chi connectivity index (χ0n) is 21.8. The Labute approximate surface area is 226 Å². The first-order valence-electron chi connectivity index (χ1n) is 13.6. The Morgan fingerprint density at radius 1 is 1.05 bits per heavy atom. The second-order valence-electron chi connectivity index (χ2n) is 10.9. The van der Waals surface area contributed by atoms with Crippen LogP contribution in [-0.2, 0) is 25.7 Å². The van der Waals surface area contributed by atoms with Crippen LogP contribution in [0.15, 0.2) is 60.7 Å². The van der Waals surface area contributed by atoms with E-state index in [9.17, 15) is 18.8 Å². The van der Waals surface area contributed by atoms with Crippen LogP contribution in [0.4, 0.5) is 10.1 Å². The second kappa shape index (κ2) is 10.1. The van der Waals surface area contributed by atoms with Crippen LogP contribution in [0.5, 0.6) is 5.75 Å². The summed E-state index contributed by atoms with van der Waals surface area (Å²) in [6.45, 7) is 0.106. The van der Waals surface area contributed by atoms with Crippen LogP contribution >= 0.6 is 0 Å². The molecule has 3 aliphatic heterocycles. The molecule has 0 radical (unpaired) electrons. The number of rotatable bonds is 7. The SMILES string of the molecule is COc1ccc(NC(=O)[C@H]2[C@@H]3C=C[C@]4(O3)[C@@H]2C(=O)N(Cc2ccc(F)cc2)[C@H]4C(=O)NC2CCCCC2)cc1. The average molecular weight is 534 g/mol. The fourth-order valence-electron chi connectivity index (χ4n) is 6.65. The molecule has 2 saturated heterocycles. The van der Waals surface area contributed by atoms with Crippen molar-refractivity contribution >= 4 is 23.4 Å². The summed E-state index contributed by atoms with van der Waals surface area (Å²) in [5.41, 5.74) is 0.0128. The minimum Gasteiger partial charge on any atom is -0.497 e. The number of likely N-dealkylation sites (tertiary alicyclic amines) is 1. The number of carbonyl (C=O) groups is 3. The standard InChI is InChI=1S/C30H32FN3O5/c1-38-22-13-11-21(12-14-22)32-27(35)24-23-15-16-30(39-23)25(24)29(37)34(17-18-7-9-19(31)10-8-18)26(30)28(36)33-20-5-3-2-4-6-20/h7-16,20,23-26H,2-6,17H2,1H3,(H,32,35)(H,33,36)/t23-,24-,25-,26-,30-/m0/s1. The molecule has 2 aromatic rings. The molecular formula is C30H32FN3O5. The van der Waals surface area contributed by atoms with Crippen molar-refractivity contribution < 1.29 is 28.2 Å². The Morgan fingerprint density at radius 3 is 2.46 bits per heavy atom. The largest absolute Gasteiger partial charge is 0.497 e. The van der Waals surface area contributed by atoms with Crippen LogP contribution in [-0.4, -0.2) is 53.5 Å². The van der Waals surface area contributed by atoms with Crippen molar-refractivity contribution in [2.45, 2.75) is 62.4 Å². The lowest BCUT2D eigenvalue weighted by atomic mass is 9.74. The maximum Gasteiger partial charge on any atom is 0.246 e. The summed E-state index contributed by atoms with van der Waals surface area (Å²) in [4.78, 5) is 43.0. The van der Waals surface area contributed by atoms with Gasteiger partial charge in [-0.1, -0.05) is 43.5 Å². The number of amides is 3. The molecule has 2 bridgehead atoms. The third-order valence-corrected chi connectivity index (χ3v) is 8.50. The Kier molecular flexibility index (Phi) is 6.62. The summed E-state index contributed by atoms with van der Waals surface area (Å²) < 4.78 is 25.2. The topological polar surface area (TPSA) is 97.0 Å². The predicted molar refractivity (Wildman–Crippen MR) is 141 cm³/mol. The number of halogens is 1. The monoisotopic (exact) mass is 533 g/mol. The first-order valence-corrected chi connectivity index (χ1v) is 13.6. The highest BCUT2D eigenvalue weighted by Gasteiger charge is 2.72. The summed E-state index contributed by atoms with van der Waals surface area (Å²) >= 11 is 0. The van der Waals surface area contributed by atoms with E-state index in [1.54, 1.807) is 55.7 Å². The number of nitrogens with one attached hydrogen (secondary N) is 2. The van der Waals surface area contributed by atoms with Crippen LogP contribution in [0.2, 0.25) is 0 Å². The molecule has 1 aliphatic carbocycles. The lowest BCUT2D eigenvalue weighted by molar-refractivity contribution is -0.142. The molecule has 8 nitrogen and oxygen atoms in total. The van der Waals surface area contributed by atoms with Crippen molar-refractivity contribution in [2.75, 3.05) is 12.4 Å². The van der Waals surface area contributed by atoms with Gasteiger partial charge in [0.25, 0.3) is 0 Å². The molecule has 5 atom stereocenters. The molecule has 4 aliphatic rings. The molecule has 1 saturated carbocycles. The number of nitrogens with zero attached hydrogens (tertiary/aromatic N) is 1. The Morgan fingerprint density at radius 2 is 1.77 bits per heavy atom. The normalized spacial score (nSPS) is 29.4. The highest BCUT2D eigenvalue weighted by Crippen LogP contribution is 2.55. The summed E-state index contributed by atoms with van der Waals surface area (Å²) in [5.74, 6) is -2.31. The van der Waals surface area contributed by atoms with Crippen molar-refractivity contribution in [3.05, 3.63) is 72.1 Å². The predicted octanol–water partition coefficient (Wildman–Crippen LogP) is 3.57. The van der Waals surface area contributed by atoms with E-state index in [1.165, 1.54) is 17.0 Å². The molecule has 2 aromatic carbocycles. The summed E-state index contributed by atoms with van der Waals surface area (Å²) in [5, 5.41) is 6.08. The first kappa shape index (κ1) is 25.6. The van der Waals surface area contributed by atoms with E-state index in [-0.39, 0.29) is 36.1 Å². The number of ether oxygens (including phenoxy) is 2. The number of fused-ring (bicyclic) bond motifs is 1. The van der Waals surface area contributed by atoms with Gasteiger partial charge in [0.2, 0.25) is 17.7 Å². The smallest absolute Gasteiger partial charge is 0.246 e. The molecule has 3 amide bonds. The number of methoxy groups -OCH3 is 1. The van der Waals surface area contributed by atoms with Crippen LogP contribution in [0.25, 0.3) is 0 Å². The maximum atomic E-state index is 14.1. The Hall–Kier alpha value is -3.72. The van der Waals surface area contributed by atoms with Gasteiger partial charge in [-0.2, -0.15) is 0 Å². The second-order valence-corrected chi connectivity index (χ2v) is 10.9. The van der Waals surface area contributed by atoms with Crippen molar-refractivity contribution in [2.24, 2.45) is 11.8 Å². The number of hydrogen-bond donors (Lipinski definition) is 2. The van der Waals surface area contributed by atoms with Crippen LogP contribution in [0, 0.1) is 17.7 Å². The molecule has 1 spiro atoms. The lowest BCUT2D eigenvalue weighted by Gasteiger charge is -2.34. The van der Waals surface area contributed by atoms with Crippen molar-refractivity contribution in [3.8, 4) is 5.75 Å². The van der Waals surface area contributed by atoms with Crippen LogP contribution in [0.1, 0.15) is 37.7 Å².